The number of amides is 1. The number of hydrogen-bond acceptors (Lipinski definition) is 5. The second-order valence-electron chi connectivity index (χ2n) is 5.61. The summed E-state index contributed by atoms with van der Waals surface area (Å²) in [6.45, 7) is 2.44. The molecule has 1 heterocycles. The lowest BCUT2D eigenvalue weighted by Crippen LogP contribution is -2.28. The van der Waals surface area contributed by atoms with Crippen LogP contribution < -0.4 is 20.5 Å². The van der Waals surface area contributed by atoms with E-state index in [1.54, 1.807) is 30.3 Å². The molecule has 0 aliphatic carbocycles. The maximum atomic E-state index is 12.1. The summed E-state index contributed by atoms with van der Waals surface area (Å²) in [6.07, 6.45) is 2.91. The van der Waals surface area contributed by atoms with Crippen LogP contribution in [0.25, 0.3) is 0 Å². The number of carbonyl (C=O) groups is 1. The Labute approximate surface area is 156 Å². The lowest BCUT2D eigenvalue weighted by molar-refractivity contribution is -0.116. The van der Waals surface area contributed by atoms with E-state index in [1.807, 2.05) is 31.2 Å². The molecule has 3 rings (SSSR count). The van der Waals surface area contributed by atoms with Gasteiger partial charge >= 0.3 is 5.69 Å². The number of benzene rings is 2. The van der Waals surface area contributed by atoms with Gasteiger partial charge in [-0.3, -0.25) is 9.36 Å². The van der Waals surface area contributed by atoms with E-state index in [0.717, 1.165) is 5.75 Å². The number of carbonyl (C=O) groups excluding carboxylic acids is 1. The van der Waals surface area contributed by atoms with Gasteiger partial charge in [-0.25, -0.2) is 9.78 Å². The molecule has 0 aliphatic rings. The van der Waals surface area contributed by atoms with Crippen LogP contribution in [0.2, 0.25) is 0 Å². The van der Waals surface area contributed by atoms with Crippen molar-refractivity contribution in [1.29, 1.82) is 0 Å². The Hall–Kier alpha value is -3.61. The van der Waals surface area contributed by atoms with Crippen LogP contribution in [0.15, 0.2) is 71.8 Å². The number of ether oxygens (including phenoxy) is 2. The SMILES string of the molecule is CCOc1ccc(Oc2ccc(NC(=O)Cn3cccnc3=O)cc2)cc1. The van der Waals surface area contributed by atoms with E-state index < -0.39 is 5.69 Å². The number of anilines is 1. The number of nitrogens with one attached hydrogen (secondary N) is 1. The summed E-state index contributed by atoms with van der Waals surface area (Å²) >= 11 is 0. The maximum absolute atomic E-state index is 12.1. The third kappa shape index (κ3) is 5.18. The third-order valence-electron chi connectivity index (χ3n) is 3.61. The molecule has 0 saturated carbocycles. The molecular formula is C20H19N3O4. The average Bonchev–Trinajstić information content (AvgIpc) is 2.67. The number of hydrogen-bond donors (Lipinski definition) is 1. The molecule has 0 radical (unpaired) electrons. The van der Waals surface area contributed by atoms with Gasteiger partial charge in [-0.15, -0.1) is 0 Å². The molecule has 0 fully saturated rings. The highest BCUT2D eigenvalue weighted by molar-refractivity contribution is 5.90. The fraction of sp³-hybridized carbons (Fsp3) is 0.150. The predicted octanol–water partition coefficient (Wildman–Crippen LogP) is 3.07. The van der Waals surface area contributed by atoms with Gasteiger partial charge in [-0.05, 0) is 61.5 Å². The van der Waals surface area contributed by atoms with Crippen molar-refractivity contribution >= 4 is 11.6 Å². The molecule has 0 saturated heterocycles. The molecule has 1 amide bonds. The first-order valence-corrected chi connectivity index (χ1v) is 8.46. The predicted molar refractivity (Wildman–Crippen MR) is 101 cm³/mol. The highest BCUT2D eigenvalue weighted by Gasteiger charge is 2.06. The van der Waals surface area contributed by atoms with Crippen LogP contribution in [-0.4, -0.2) is 22.1 Å². The molecule has 2 aromatic carbocycles. The van der Waals surface area contributed by atoms with Gasteiger partial charge in [0.2, 0.25) is 5.91 Å². The van der Waals surface area contributed by atoms with Crippen LogP contribution in [0.4, 0.5) is 5.69 Å². The molecule has 138 valence electrons. The Balaban J connectivity index is 1.57. The average molecular weight is 365 g/mol. The molecule has 1 aromatic heterocycles. The molecule has 0 unspecified atom stereocenters. The van der Waals surface area contributed by atoms with Crippen LogP contribution in [0, 0.1) is 0 Å². The van der Waals surface area contributed by atoms with Crippen LogP contribution in [0.5, 0.6) is 17.2 Å². The molecule has 3 aromatic rings. The summed E-state index contributed by atoms with van der Waals surface area (Å²) < 4.78 is 12.4. The molecule has 0 bridgehead atoms. The molecule has 0 spiro atoms. The van der Waals surface area contributed by atoms with Crippen molar-refractivity contribution < 1.29 is 14.3 Å². The van der Waals surface area contributed by atoms with Gasteiger partial charge in [0.1, 0.15) is 23.8 Å². The van der Waals surface area contributed by atoms with Crippen molar-refractivity contribution in [3.8, 4) is 17.2 Å². The van der Waals surface area contributed by atoms with Gasteiger partial charge in [0.15, 0.2) is 0 Å². The summed E-state index contributed by atoms with van der Waals surface area (Å²) in [5.74, 6) is 1.80. The minimum absolute atomic E-state index is 0.100. The zero-order chi connectivity index (χ0) is 19.1. The minimum Gasteiger partial charge on any atom is -0.494 e. The number of nitrogens with zero attached hydrogens (tertiary/aromatic N) is 2. The van der Waals surface area contributed by atoms with E-state index in [0.29, 0.717) is 23.8 Å². The van der Waals surface area contributed by atoms with Crippen molar-refractivity contribution in [2.75, 3.05) is 11.9 Å². The first-order valence-electron chi connectivity index (χ1n) is 8.46. The fourth-order valence-corrected chi connectivity index (χ4v) is 2.38. The van der Waals surface area contributed by atoms with E-state index in [2.05, 4.69) is 10.3 Å². The lowest BCUT2D eigenvalue weighted by Gasteiger charge is -2.09. The van der Waals surface area contributed by atoms with E-state index in [9.17, 15) is 9.59 Å². The monoisotopic (exact) mass is 365 g/mol. The maximum Gasteiger partial charge on any atom is 0.347 e. The summed E-state index contributed by atoms with van der Waals surface area (Å²) in [4.78, 5) is 27.2. The third-order valence-corrected chi connectivity index (χ3v) is 3.61. The molecule has 7 heteroatoms. The van der Waals surface area contributed by atoms with E-state index in [4.69, 9.17) is 9.47 Å². The molecular weight excluding hydrogens is 346 g/mol. The second kappa shape index (κ2) is 8.66. The van der Waals surface area contributed by atoms with Crippen LogP contribution in [0.3, 0.4) is 0 Å². The van der Waals surface area contributed by atoms with Crippen molar-refractivity contribution in [1.82, 2.24) is 9.55 Å². The van der Waals surface area contributed by atoms with Crippen molar-refractivity contribution in [3.05, 3.63) is 77.5 Å². The number of rotatable bonds is 7. The molecule has 27 heavy (non-hydrogen) atoms. The minimum atomic E-state index is -0.466. The summed E-state index contributed by atoms with van der Waals surface area (Å²) in [5, 5.41) is 2.73. The van der Waals surface area contributed by atoms with Crippen molar-refractivity contribution in [3.63, 3.8) is 0 Å². The van der Waals surface area contributed by atoms with Gasteiger partial charge in [-0.1, -0.05) is 0 Å². The van der Waals surface area contributed by atoms with Gasteiger partial charge < -0.3 is 14.8 Å². The van der Waals surface area contributed by atoms with Crippen LogP contribution in [0.1, 0.15) is 6.92 Å². The highest BCUT2D eigenvalue weighted by atomic mass is 16.5. The van der Waals surface area contributed by atoms with Crippen LogP contribution >= 0.6 is 0 Å². The second-order valence-corrected chi connectivity index (χ2v) is 5.61. The quantitative estimate of drug-likeness (QED) is 0.696. The summed E-state index contributed by atoms with van der Waals surface area (Å²) in [6, 6.07) is 15.9. The highest BCUT2D eigenvalue weighted by Crippen LogP contribution is 2.25. The Morgan fingerprint density at radius 3 is 2.30 bits per heavy atom. The Kier molecular flexibility index (Phi) is 5.84. The topological polar surface area (TPSA) is 82.4 Å². The van der Waals surface area contributed by atoms with Gasteiger partial charge in [-0.2, -0.15) is 0 Å². The Morgan fingerprint density at radius 1 is 1.04 bits per heavy atom. The lowest BCUT2D eigenvalue weighted by atomic mass is 10.3. The first kappa shape index (κ1) is 18.2. The Bertz CT molecular complexity index is 950. The molecule has 0 aliphatic heterocycles. The Morgan fingerprint density at radius 2 is 1.67 bits per heavy atom. The van der Waals surface area contributed by atoms with Crippen LogP contribution in [-0.2, 0) is 11.3 Å². The standard InChI is InChI=1S/C20H19N3O4/c1-2-26-16-8-10-18(11-9-16)27-17-6-4-15(5-7-17)22-19(24)14-23-13-3-12-21-20(23)25/h3-13H,2,14H2,1H3,(H,22,24). The van der Waals surface area contributed by atoms with E-state index >= 15 is 0 Å². The molecule has 7 nitrogen and oxygen atoms in total. The van der Waals surface area contributed by atoms with Gasteiger partial charge in [0, 0.05) is 18.1 Å². The first-order chi connectivity index (χ1) is 13.1. The summed E-state index contributed by atoms with van der Waals surface area (Å²) in [5.41, 5.74) is 0.141. The molecule has 1 N–H and O–H groups in total. The molecule has 0 atom stereocenters. The van der Waals surface area contributed by atoms with Gasteiger partial charge in [0.05, 0.1) is 6.61 Å². The zero-order valence-electron chi connectivity index (χ0n) is 14.8. The zero-order valence-corrected chi connectivity index (χ0v) is 14.8. The smallest absolute Gasteiger partial charge is 0.347 e. The largest absolute Gasteiger partial charge is 0.494 e. The van der Waals surface area contributed by atoms with Crippen molar-refractivity contribution in [2.24, 2.45) is 0 Å². The fourth-order valence-electron chi connectivity index (χ4n) is 2.38. The van der Waals surface area contributed by atoms with Crippen molar-refractivity contribution in [2.45, 2.75) is 13.5 Å². The van der Waals surface area contributed by atoms with E-state index in [1.165, 1.54) is 17.0 Å². The summed E-state index contributed by atoms with van der Waals surface area (Å²) in [7, 11) is 0. The van der Waals surface area contributed by atoms with E-state index in [-0.39, 0.29) is 12.5 Å². The van der Waals surface area contributed by atoms with Gasteiger partial charge in [0.25, 0.3) is 0 Å². The number of aromatic nitrogens is 2. The normalized spacial score (nSPS) is 10.3.